The van der Waals surface area contributed by atoms with Gasteiger partial charge in [-0.1, -0.05) is 36.0 Å². The first-order valence-electron chi connectivity index (χ1n) is 7.10. The van der Waals surface area contributed by atoms with Crippen molar-refractivity contribution < 1.29 is 9.13 Å². The summed E-state index contributed by atoms with van der Waals surface area (Å²) in [6, 6.07) is 18.1. The predicted octanol–water partition coefficient (Wildman–Crippen LogP) is 4.58. The van der Waals surface area contributed by atoms with E-state index in [1.807, 2.05) is 36.4 Å². The van der Waals surface area contributed by atoms with E-state index in [-0.39, 0.29) is 5.82 Å². The molecule has 23 heavy (non-hydrogen) atoms. The average Bonchev–Trinajstić information content (AvgIpc) is 2.62. The first kappa shape index (κ1) is 15.5. The highest BCUT2D eigenvalue weighted by Crippen LogP contribution is 2.28. The molecule has 2 aromatic carbocycles. The van der Waals surface area contributed by atoms with E-state index in [1.54, 1.807) is 31.0 Å². The lowest BCUT2D eigenvalue weighted by atomic mass is 10.1. The van der Waals surface area contributed by atoms with Gasteiger partial charge in [-0.3, -0.25) is 0 Å². The van der Waals surface area contributed by atoms with Crippen LogP contribution in [0.2, 0.25) is 0 Å². The Kier molecular flexibility index (Phi) is 4.88. The molecular weight excluding hydrogens is 311 g/mol. The SMILES string of the molecule is COc1ccccc1-c1ccc(SCc2ccc(F)cc2)nn1. The number of halogens is 1. The van der Waals surface area contributed by atoms with Gasteiger partial charge in [0.2, 0.25) is 0 Å². The van der Waals surface area contributed by atoms with Crippen molar-refractivity contribution in [1.82, 2.24) is 10.2 Å². The van der Waals surface area contributed by atoms with E-state index in [2.05, 4.69) is 10.2 Å². The summed E-state index contributed by atoms with van der Waals surface area (Å²) in [5.74, 6) is 1.27. The van der Waals surface area contributed by atoms with Crippen LogP contribution in [0.5, 0.6) is 5.75 Å². The molecular formula is C18H15FN2OS. The maximum Gasteiger partial charge on any atom is 0.128 e. The van der Waals surface area contributed by atoms with E-state index in [1.165, 1.54) is 12.1 Å². The molecule has 0 unspecified atom stereocenters. The van der Waals surface area contributed by atoms with Crippen LogP contribution in [0.3, 0.4) is 0 Å². The van der Waals surface area contributed by atoms with E-state index in [9.17, 15) is 4.39 Å². The maximum absolute atomic E-state index is 12.9. The summed E-state index contributed by atoms with van der Waals surface area (Å²) < 4.78 is 18.2. The number of hydrogen-bond acceptors (Lipinski definition) is 4. The number of aromatic nitrogens is 2. The van der Waals surface area contributed by atoms with Crippen LogP contribution in [0.15, 0.2) is 65.7 Å². The second kappa shape index (κ2) is 7.24. The molecule has 0 radical (unpaired) electrons. The van der Waals surface area contributed by atoms with E-state index >= 15 is 0 Å². The molecule has 0 aliphatic heterocycles. The van der Waals surface area contributed by atoms with Crippen molar-refractivity contribution in [2.75, 3.05) is 7.11 Å². The summed E-state index contributed by atoms with van der Waals surface area (Å²) in [6.45, 7) is 0. The Morgan fingerprint density at radius 3 is 2.43 bits per heavy atom. The standard InChI is InChI=1S/C18H15FN2OS/c1-22-17-5-3-2-4-15(17)16-10-11-18(21-20-16)23-12-13-6-8-14(19)9-7-13/h2-11H,12H2,1H3. The normalized spacial score (nSPS) is 10.5. The summed E-state index contributed by atoms with van der Waals surface area (Å²) in [6.07, 6.45) is 0. The molecule has 3 rings (SSSR count). The third-order valence-electron chi connectivity index (χ3n) is 3.32. The molecule has 0 fully saturated rings. The molecule has 0 saturated carbocycles. The highest BCUT2D eigenvalue weighted by Gasteiger charge is 2.07. The average molecular weight is 326 g/mol. The minimum Gasteiger partial charge on any atom is -0.496 e. The Labute approximate surface area is 138 Å². The number of thioether (sulfide) groups is 1. The third kappa shape index (κ3) is 3.87. The van der Waals surface area contributed by atoms with Crippen molar-refractivity contribution in [3.8, 4) is 17.0 Å². The van der Waals surface area contributed by atoms with Gasteiger partial charge in [0.25, 0.3) is 0 Å². The van der Waals surface area contributed by atoms with Crippen molar-refractivity contribution in [3.63, 3.8) is 0 Å². The molecule has 3 aromatic rings. The fourth-order valence-electron chi connectivity index (χ4n) is 2.13. The molecule has 0 aliphatic rings. The van der Waals surface area contributed by atoms with Gasteiger partial charge in [-0.25, -0.2) is 4.39 Å². The van der Waals surface area contributed by atoms with Gasteiger partial charge in [0.05, 0.1) is 12.8 Å². The monoisotopic (exact) mass is 326 g/mol. The van der Waals surface area contributed by atoms with Gasteiger partial charge >= 0.3 is 0 Å². The Hall–Kier alpha value is -2.40. The van der Waals surface area contributed by atoms with Gasteiger partial charge in [-0.2, -0.15) is 0 Å². The molecule has 0 atom stereocenters. The van der Waals surface area contributed by atoms with Crippen LogP contribution in [0, 0.1) is 5.82 Å². The summed E-state index contributed by atoms with van der Waals surface area (Å²) in [5.41, 5.74) is 2.73. The Morgan fingerprint density at radius 1 is 0.957 bits per heavy atom. The maximum atomic E-state index is 12.9. The summed E-state index contributed by atoms with van der Waals surface area (Å²) in [4.78, 5) is 0. The fourth-order valence-corrected chi connectivity index (χ4v) is 2.90. The molecule has 116 valence electrons. The van der Waals surface area contributed by atoms with Gasteiger partial charge in [0.1, 0.15) is 16.6 Å². The van der Waals surface area contributed by atoms with E-state index in [4.69, 9.17) is 4.74 Å². The summed E-state index contributed by atoms with van der Waals surface area (Å²) in [7, 11) is 1.64. The summed E-state index contributed by atoms with van der Waals surface area (Å²) >= 11 is 1.57. The number of nitrogens with zero attached hydrogens (tertiary/aromatic N) is 2. The molecule has 0 bridgehead atoms. The van der Waals surface area contributed by atoms with Crippen molar-refractivity contribution in [3.05, 3.63) is 72.0 Å². The zero-order valence-corrected chi connectivity index (χ0v) is 13.4. The number of rotatable bonds is 5. The van der Waals surface area contributed by atoms with Crippen LogP contribution in [0.25, 0.3) is 11.3 Å². The van der Waals surface area contributed by atoms with Crippen LogP contribution in [0.4, 0.5) is 4.39 Å². The Bertz CT molecular complexity index is 776. The van der Waals surface area contributed by atoms with Crippen molar-refractivity contribution >= 4 is 11.8 Å². The minimum absolute atomic E-state index is 0.222. The molecule has 0 aliphatic carbocycles. The molecule has 5 heteroatoms. The minimum atomic E-state index is -0.222. The Morgan fingerprint density at radius 2 is 1.74 bits per heavy atom. The number of para-hydroxylation sites is 1. The molecule has 0 saturated heterocycles. The molecule has 0 spiro atoms. The molecule has 3 nitrogen and oxygen atoms in total. The summed E-state index contributed by atoms with van der Waals surface area (Å²) in [5, 5.41) is 9.35. The molecule has 0 N–H and O–H groups in total. The lowest BCUT2D eigenvalue weighted by molar-refractivity contribution is 0.416. The topological polar surface area (TPSA) is 35.0 Å². The number of benzene rings is 2. The van der Waals surface area contributed by atoms with Crippen LogP contribution in [0.1, 0.15) is 5.56 Å². The van der Waals surface area contributed by atoms with Crippen molar-refractivity contribution in [2.24, 2.45) is 0 Å². The number of ether oxygens (including phenoxy) is 1. The van der Waals surface area contributed by atoms with Crippen LogP contribution in [-0.4, -0.2) is 17.3 Å². The van der Waals surface area contributed by atoms with Gasteiger partial charge in [-0.15, -0.1) is 10.2 Å². The van der Waals surface area contributed by atoms with E-state index in [0.29, 0.717) is 0 Å². The van der Waals surface area contributed by atoms with Crippen LogP contribution in [-0.2, 0) is 5.75 Å². The highest BCUT2D eigenvalue weighted by molar-refractivity contribution is 7.98. The van der Waals surface area contributed by atoms with E-state index < -0.39 is 0 Å². The second-order valence-electron chi connectivity index (χ2n) is 4.87. The van der Waals surface area contributed by atoms with Crippen molar-refractivity contribution in [2.45, 2.75) is 10.8 Å². The quantitative estimate of drug-likeness (QED) is 0.643. The molecule has 1 aromatic heterocycles. The predicted molar refractivity (Wildman–Crippen MR) is 90.0 cm³/mol. The van der Waals surface area contributed by atoms with Gasteiger partial charge < -0.3 is 4.74 Å². The van der Waals surface area contributed by atoms with Gasteiger partial charge in [0.15, 0.2) is 0 Å². The molecule has 0 amide bonds. The lowest BCUT2D eigenvalue weighted by Crippen LogP contribution is -1.93. The van der Waals surface area contributed by atoms with Gasteiger partial charge in [-0.05, 0) is 42.0 Å². The first-order valence-corrected chi connectivity index (χ1v) is 8.09. The largest absolute Gasteiger partial charge is 0.496 e. The van der Waals surface area contributed by atoms with Crippen molar-refractivity contribution in [1.29, 1.82) is 0 Å². The zero-order chi connectivity index (χ0) is 16.1. The molecule has 1 heterocycles. The van der Waals surface area contributed by atoms with E-state index in [0.717, 1.165) is 33.3 Å². The number of methoxy groups -OCH3 is 1. The highest BCUT2D eigenvalue weighted by atomic mass is 32.2. The zero-order valence-electron chi connectivity index (χ0n) is 12.6. The third-order valence-corrected chi connectivity index (χ3v) is 4.31. The Balaban J connectivity index is 1.71. The lowest BCUT2D eigenvalue weighted by Gasteiger charge is -2.07. The van der Waals surface area contributed by atoms with Gasteiger partial charge in [0, 0.05) is 11.3 Å². The van der Waals surface area contributed by atoms with Crippen LogP contribution >= 0.6 is 11.8 Å². The fraction of sp³-hybridized carbons (Fsp3) is 0.111. The first-order chi connectivity index (χ1) is 11.3. The smallest absolute Gasteiger partial charge is 0.128 e. The number of hydrogen-bond donors (Lipinski definition) is 0. The second-order valence-corrected chi connectivity index (χ2v) is 5.87. The van der Waals surface area contributed by atoms with Crippen LogP contribution < -0.4 is 4.74 Å².